The van der Waals surface area contributed by atoms with Gasteiger partial charge in [-0.3, -0.25) is 9.59 Å². The first-order chi connectivity index (χ1) is 26.4. The van der Waals surface area contributed by atoms with Crippen molar-refractivity contribution < 1.29 is 73.5 Å². The van der Waals surface area contributed by atoms with Gasteiger partial charge in [0.2, 0.25) is 0 Å². The molecule has 2 fully saturated rings. The van der Waals surface area contributed by atoms with E-state index in [2.05, 4.69) is 5.16 Å². The number of allylic oxidation sites excluding steroid dienone is 1. The lowest BCUT2D eigenvalue weighted by molar-refractivity contribution is -0.306. The van der Waals surface area contributed by atoms with Crippen LogP contribution in [0.4, 0.5) is 0 Å². The van der Waals surface area contributed by atoms with Crippen LogP contribution in [0.5, 0.6) is 0 Å². The molecular formula is C39H68N2O15. The number of rotatable bonds is 11. The zero-order chi connectivity index (χ0) is 42.0. The van der Waals surface area contributed by atoms with Crippen LogP contribution < -0.4 is 0 Å². The summed E-state index contributed by atoms with van der Waals surface area (Å²) >= 11 is 0. The standard InChI is InChI=1S/C39H68N2O15/c1-11-28-25(18-52-39-37(51-10)36(50-9)33(47)23(6)54-39)31(45)19(2)12-13-26(42)20(3)16-24(14-15-40-49)35(21(4)27(43)17-29(44)55-28)56-38-34(48)30(41(7)8)32(46)22(5)53-38/h12,15,20-25,27-28,30-39,43,45-49H,11,13-14,16-18H2,1-10H3/b19-12-,40-15+/t20-,21+,22-,23-,24?,25-,27-,28-,30+,31?,32-,33-,34-,35-,36-,37-,38+,39-/m1/s1. The third-order valence-electron chi connectivity index (χ3n) is 11.8. The molecule has 2 unspecified atom stereocenters. The average Bonchev–Trinajstić information content (AvgIpc) is 3.15. The molecule has 0 spiro atoms. The molecular weight excluding hydrogens is 736 g/mol. The first-order valence-corrected chi connectivity index (χ1v) is 19.7. The van der Waals surface area contributed by atoms with Crippen LogP contribution in [0, 0.1) is 23.7 Å². The van der Waals surface area contributed by atoms with Gasteiger partial charge in [-0.2, -0.15) is 0 Å². The molecule has 3 aliphatic heterocycles. The first-order valence-electron chi connectivity index (χ1n) is 19.7. The number of hydrogen-bond donors (Lipinski definition) is 6. The van der Waals surface area contributed by atoms with Gasteiger partial charge in [-0.05, 0) is 65.6 Å². The van der Waals surface area contributed by atoms with Crippen molar-refractivity contribution in [2.24, 2.45) is 28.8 Å². The number of aliphatic hydroxyl groups excluding tert-OH is 5. The van der Waals surface area contributed by atoms with Crippen molar-refractivity contribution in [2.75, 3.05) is 34.9 Å². The van der Waals surface area contributed by atoms with Gasteiger partial charge in [0, 0.05) is 44.6 Å². The van der Waals surface area contributed by atoms with E-state index in [0.717, 1.165) is 0 Å². The molecule has 3 heterocycles. The summed E-state index contributed by atoms with van der Waals surface area (Å²) in [4.78, 5) is 29.0. The Morgan fingerprint density at radius 1 is 0.911 bits per heavy atom. The van der Waals surface area contributed by atoms with E-state index in [4.69, 9.17) is 33.2 Å². The summed E-state index contributed by atoms with van der Waals surface area (Å²) in [6.45, 7) is 10.0. The Labute approximate surface area is 330 Å². The minimum absolute atomic E-state index is 0.0362. The van der Waals surface area contributed by atoms with Crippen molar-refractivity contribution in [3.63, 3.8) is 0 Å². The van der Waals surface area contributed by atoms with Crippen LogP contribution in [-0.4, -0.2) is 174 Å². The lowest BCUT2D eigenvalue weighted by atomic mass is 9.79. The highest BCUT2D eigenvalue weighted by Gasteiger charge is 2.48. The molecule has 0 aromatic heterocycles. The average molecular weight is 805 g/mol. The number of nitrogens with zero attached hydrogens (tertiary/aromatic N) is 2. The summed E-state index contributed by atoms with van der Waals surface area (Å²) in [5.74, 6) is -3.73. The number of ketones is 1. The largest absolute Gasteiger partial charge is 0.462 e. The summed E-state index contributed by atoms with van der Waals surface area (Å²) in [6.07, 6.45) is -10.1. The van der Waals surface area contributed by atoms with Crippen LogP contribution in [0.25, 0.3) is 0 Å². The molecule has 0 amide bonds. The second kappa shape index (κ2) is 22.3. The molecule has 17 heteroatoms. The maximum absolute atomic E-state index is 13.7. The fraction of sp³-hybridized carbons (Fsp3) is 0.872. The number of carbonyl (C=O) groups is 2. The van der Waals surface area contributed by atoms with Gasteiger partial charge >= 0.3 is 5.97 Å². The highest BCUT2D eigenvalue weighted by molar-refractivity contribution is 5.82. The lowest BCUT2D eigenvalue weighted by Gasteiger charge is -2.46. The van der Waals surface area contributed by atoms with Gasteiger partial charge in [0.15, 0.2) is 12.6 Å². The summed E-state index contributed by atoms with van der Waals surface area (Å²) in [7, 11) is 6.29. The Balaban J connectivity index is 1.99. The minimum Gasteiger partial charge on any atom is -0.462 e. The Morgan fingerprint density at radius 3 is 2.12 bits per heavy atom. The van der Waals surface area contributed by atoms with Gasteiger partial charge in [-0.1, -0.05) is 26.8 Å². The molecule has 0 radical (unpaired) electrons. The maximum Gasteiger partial charge on any atom is 0.308 e. The number of likely N-dealkylation sites (N-methyl/N-ethyl adjacent to an activating group) is 1. The van der Waals surface area contributed by atoms with Gasteiger partial charge in [0.05, 0.1) is 55.7 Å². The zero-order valence-electron chi connectivity index (χ0n) is 34.5. The molecule has 0 aromatic carbocycles. The molecule has 18 atom stereocenters. The third-order valence-corrected chi connectivity index (χ3v) is 11.8. The summed E-state index contributed by atoms with van der Waals surface area (Å²) < 4.78 is 41.6. The highest BCUT2D eigenvalue weighted by atomic mass is 16.7. The lowest BCUT2D eigenvalue weighted by Crippen LogP contribution is -2.63. The summed E-state index contributed by atoms with van der Waals surface area (Å²) in [5.41, 5.74) is 0.446. The first kappa shape index (κ1) is 48.2. The second-order valence-corrected chi connectivity index (χ2v) is 15.9. The van der Waals surface area contributed by atoms with Crippen LogP contribution in [0.2, 0.25) is 0 Å². The van der Waals surface area contributed by atoms with Crippen LogP contribution in [0.3, 0.4) is 0 Å². The zero-order valence-corrected chi connectivity index (χ0v) is 34.5. The molecule has 6 N–H and O–H groups in total. The molecule has 0 aromatic rings. The molecule has 0 bridgehead atoms. The Kier molecular flexibility index (Phi) is 19.2. The quantitative estimate of drug-likeness (QED) is 0.0562. The van der Waals surface area contributed by atoms with E-state index in [9.17, 15) is 40.3 Å². The number of ether oxygens (including phenoxy) is 7. The van der Waals surface area contributed by atoms with Crippen LogP contribution in [-0.2, 0) is 42.7 Å². The number of oxime groups is 1. The van der Waals surface area contributed by atoms with Crippen molar-refractivity contribution >= 4 is 18.0 Å². The molecule has 3 aliphatic rings. The van der Waals surface area contributed by atoms with Crippen molar-refractivity contribution in [1.82, 2.24) is 4.90 Å². The Morgan fingerprint density at radius 2 is 1.54 bits per heavy atom. The fourth-order valence-corrected chi connectivity index (χ4v) is 8.12. The van der Waals surface area contributed by atoms with Crippen LogP contribution in [0.1, 0.15) is 73.6 Å². The monoisotopic (exact) mass is 804 g/mol. The SMILES string of the molecule is CC[C@H]1OC(=O)C[C@@H](O)[C@H](C)[C@@H](O[C@@H]2O[C@H](C)[C@@H](O)[C@H](N(C)C)[C@H]2O)C(C/C=N/O)C[C@@H](C)C(=O)C/C=C(/C)C(O)[C@@H]1CO[C@@H]1O[C@H](C)[C@@H](O)[C@@H](OC)[C@H]1OC. The molecule has 324 valence electrons. The highest BCUT2D eigenvalue weighted by Crippen LogP contribution is 2.35. The fourth-order valence-electron chi connectivity index (χ4n) is 8.12. The number of hydrogen-bond acceptors (Lipinski definition) is 17. The van der Waals surface area contributed by atoms with Crippen molar-refractivity contribution in [3.8, 4) is 0 Å². The second-order valence-electron chi connectivity index (χ2n) is 15.9. The van der Waals surface area contributed by atoms with E-state index in [1.165, 1.54) is 20.4 Å². The van der Waals surface area contributed by atoms with E-state index in [1.807, 2.05) is 0 Å². The van der Waals surface area contributed by atoms with Gasteiger partial charge in [-0.25, -0.2) is 0 Å². The van der Waals surface area contributed by atoms with E-state index < -0.39 is 122 Å². The number of aliphatic hydroxyl groups is 5. The Hall–Kier alpha value is -2.13. The van der Waals surface area contributed by atoms with E-state index in [1.54, 1.807) is 66.6 Å². The number of carbonyl (C=O) groups excluding carboxylic acids is 2. The summed E-state index contributed by atoms with van der Waals surface area (Å²) in [6, 6.07) is -0.752. The van der Waals surface area contributed by atoms with Crippen molar-refractivity contribution in [2.45, 2.75) is 159 Å². The predicted octanol–water partition coefficient (Wildman–Crippen LogP) is 1.02. The topological polar surface area (TPSA) is 236 Å². The summed E-state index contributed by atoms with van der Waals surface area (Å²) in [5, 5.41) is 68.7. The van der Waals surface area contributed by atoms with Gasteiger partial charge in [0.25, 0.3) is 0 Å². The van der Waals surface area contributed by atoms with Crippen LogP contribution >= 0.6 is 0 Å². The molecule has 0 aliphatic carbocycles. The predicted molar refractivity (Wildman–Crippen MR) is 202 cm³/mol. The minimum atomic E-state index is -1.36. The van der Waals surface area contributed by atoms with Gasteiger partial charge in [0.1, 0.15) is 36.3 Å². The van der Waals surface area contributed by atoms with Crippen molar-refractivity contribution in [1.29, 1.82) is 0 Å². The maximum atomic E-state index is 13.7. The van der Waals surface area contributed by atoms with E-state index in [0.29, 0.717) is 5.57 Å². The molecule has 0 saturated carbocycles. The normalized spacial score (nSPS) is 43.8. The molecule has 3 rings (SSSR count). The molecule has 56 heavy (non-hydrogen) atoms. The number of cyclic esters (lactones) is 1. The van der Waals surface area contributed by atoms with Gasteiger partial charge < -0.3 is 68.8 Å². The van der Waals surface area contributed by atoms with Crippen molar-refractivity contribution in [3.05, 3.63) is 11.6 Å². The van der Waals surface area contributed by atoms with E-state index >= 15 is 0 Å². The molecule has 17 nitrogen and oxygen atoms in total. The van der Waals surface area contributed by atoms with E-state index in [-0.39, 0.29) is 38.1 Å². The third kappa shape index (κ3) is 12.0. The molecule has 2 saturated heterocycles. The van der Waals surface area contributed by atoms with Crippen LogP contribution in [0.15, 0.2) is 16.8 Å². The number of Topliss-reactive ketones (excluding diaryl/α,β-unsaturated/α-hetero) is 1. The van der Waals surface area contributed by atoms with Gasteiger partial charge in [-0.15, -0.1) is 5.16 Å². The Bertz CT molecular complexity index is 1290. The number of esters is 1. The number of methoxy groups -OCH3 is 2. The smallest absolute Gasteiger partial charge is 0.308 e.